The Kier molecular flexibility index (Phi) is 7.67. The van der Waals surface area contributed by atoms with Crippen LogP contribution in [0.1, 0.15) is 25.0 Å². The predicted molar refractivity (Wildman–Crippen MR) is 107 cm³/mol. The maximum absolute atomic E-state index is 12.9. The minimum Gasteiger partial charge on any atom is -0.484 e. The van der Waals surface area contributed by atoms with Gasteiger partial charge in [0.25, 0.3) is 5.91 Å². The molecule has 0 saturated carbocycles. The number of hydrogen-bond acceptors (Lipinski definition) is 3. The normalized spacial score (nSPS) is 11.6. The minimum atomic E-state index is -0.628. The van der Waals surface area contributed by atoms with E-state index in [2.05, 4.69) is 5.32 Å². The quantitative estimate of drug-likeness (QED) is 0.751. The Morgan fingerprint density at radius 3 is 2.59 bits per heavy atom. The van der Waals surface area contributed by atoms with Gasteiger partial charge in [-0.05, 0) is 50.1 Å². The number of ether oxygens (including phenoxy) is 1. The van der Waals surface area contributed by atoms with Crippen molar-refractivity contribution >= 4 is 23.4 Å². The van der Waals surface area contributed by atoms with Crippen LogP contribution >= 0.6 is 11.6 Å². The number of likely N-dealkylation sites (N-methyl/N-ethyl adjacent to an activating group) is 1. The number of aryl methyl sites for hydroxylation is 1. The lowest BCUT2D eigenvalue weighted by molar-refractivity contribution is -0.142. The van der Waals surface area contributed by atoms with Crippen molar-refractivity contribution in [2.45, 2.75) is 33.4 Å². The van der Waals surface area contributed by atoms with E-state index in [1.807, 2.05) is 50.2 Å². The second kappa shape index (κ2) is 9.97. The zero-order valence-electron chi connectivity index (χ0n) is 15.9. The minimum absolute atomic E-state index is 0.144. The summed E-state index contributed by atoms with van der Waals surface area (Å²) in [5, 5.41) is 3.35. The van der Waals surface area contributed by atoms with Gasteiger partial charge in [0.15, 0.2) is 6.61 Å². The molecule has 2 aromatic rings. The molecule has 144 valence electrons. The Labute approximate surface area is 165 Å². The number of amides is 2. The zero-order chi connectivity index (χ0) is 19.8. The molecule has 2 aromatic carbocycles. The van der Waals surface area contributed by atoms with Crippen LogP contribution in [0.3, 0.4) is 0 Å². The Hall–Kier alpha value is -2.53. The molecule has 5 nitrogen and oxygen atoms in total. The van der Waals surface area contributed by atoms with Gasteiger partial charge in [-0.15, -0.1) is 0 Å². The van der Waals surface area contributed by atoms with Crippen LogP contribution in [0.5, 0.6) is 5.75 Å². The van der Waals surface area contributed by atoms with E-state index in [0.29, 0.717) is 17.3 Å². The van der Waals surface area contributed by atoms with E-state index >= 15 is 0 Å². The number of nitrogens with zero attached hydrogens (tertiary/aromatic N) is 1. The summed E-state index contributed by atoms with van der Waals surface area (Å²) in [5.74, 6) is 0.181. The molecule has 0 fully saturated rings. The average Bonchev–Trinajstić information content (AvgIpc) is 2.65. The highest BCUT2D eigenvalue weighted by atomic mass is 35.5. The summed E-state index contributed by atoms with van der Waals surface area (Å²) in [6.07, 6.45) is 0. The Balaban J connectivity index is 2.15. The summed E-state index contributed by atoms with van der Waals surface area (Å²) in [6, 6.07) is 14.1. The lowest BCUT2D eigenvalue weighted by Crippen LogP contribution is -2.49. The van der Waals surface area contributed by atoms with Crippen LogP contribution in [0.4, 0.5) is 0 Å². The largest absolute Gasteiger partial charge is 0.484 e. The molecule has 1 atom stereocenters. The molecule has 0 heterocycles. The first kappa shape index (κ1) is 20.8. The van der Waals surface area contributed by atoms with E-state index in [-0.39, 0.29) is 25.0 Å². The third-order valence-electron chi connectivity index (χ3n) is 4.20. The van der Waals surface area contributed by atoms with Gasteiger partial charge < -0.3 is 15.0 Å². The molecule has 1 N–H and O–H groups in total. The second-order valence-electron chi connectivity index (χ2n) is 6.28. The van der Waals surface area contributed by atoms with Gasteiger partial charge in [-0.25, -0.2) is 0 Å². The van der Waals surface area contributed by atoms with Gasteiger partial charge in [0.1, 0.15) is 11.8 Å². The van der Waals surface area contributed by atoms with Crippen molar-refractivity contribution in [2.24, 2.45) is 0 Å². The molecule has 0 aromatic heterocycles. The van der Waals surface area contributed by atoms with Gasteiger partial charge in [-0.1, -0.05) is 41.9 Å². The molecule has 2 rings (SSSR count). The monoisotopic (exact) mass is 388 g/mol. The van der Waals surface area contributed by atoms with Gasteiger partial charge in [-0.3, -0.25) is 9.59 Å². The van der Waals surface area contributed by atoms with Crippen molar-refractivity contribution in [3.63, 3.8) is 0 Å². The highest BCUT2D eigenvalue weighted by molar-refractivity contribution is 6.30. The zero-order valence-corrected chi connectivity index (χ0v) is 16.6. The van der Waals surface area contributed by atoms with E-state index in [4.69, 9.17) is 16.3 Å². The molecule has 0 unspecified atom stereocenters. The molecular formula is C21H25ClN2O3. The number of rotatable bonds is 8. The number of hydrogen-bond donors (Lipinski definition) is 1. The topological polar surface area (TPSA) is 58.6 Å². The molecule has 0 bridgehead atoms. The Bertz CT molecular complexity index is 795. The average molecular weight is 389 g/mol. The molecular weight excluding hydrogens is 364 g/mol. The van der Waals surface area contributed by atoms with E-state index in [1.165, 1.54) is 4.90 Å². The maximum atomic E-state index is 12.9. The molecule has 6 heteroatoms. The fourth-order valence-corrected chi connectivity index (χ4v) is 2.89. The summed E-state index contributed by atoms with van der Waals surface area (Å²) in [7, 11) is 0. The van der Waals surface area contributed by atoms with Gasteiger partial charge >= 0.3 is 0 Å². The third kappa shape index (κ3) is 6.00. The van der Waals surface area contributed by atoms with Gasteiger partial charge in [0, 0.05) is 18.1 Å². The number of halogens is 1. The van der Waals surface area contributed by atoms with E-state index in [1.54, 1.807) is 19.1 Å². The number of nitrogens with one attached hydrogen (secondary N) is 1. The third-order valence-corrected chi connectivity index (χ3v) is 4.44. The second-order valence-corrected chi connectivity index (χ2v) is 6.71. The molecule has 0 spiro atoms. The Morgan fingerprint density at radius 2 is 1.93 bits per heavy atom. The lowest BCUT2D eigenvalue weighted by atomic mass is 10.1. The fraction of sp³-hybridized carbons (Fsp3) is 0.333. The van der Waals surface area contributed by atoms with Crippen molar-refractivity contribution in [3.05, 3.63) is 64.7 Å². The predicted octanol–water partition coefficient (Wildman–Crippen LogP) is 3.58. The van der Waals surface area contributed by atoms with E-state index in [0.717, 1.165) is 11.1 Å². The molecule has 0 aliphatic heterocycles. The van der Waals surface area contributed by atoms with Crippen LogP contribution < -0.4 is 10.1 Å². The number of para-hydroxylation sites is 1. The first-order valence-electron chi connectivity index (χ1n) is 8.92. The Morgan fingerprint density at radius 1 is 1.19 bits per heavy atom. The highest BCUT2D eigenvalue weighted by Gasteiger charge is 2.26. The van der Waals surface area contributed by atoms with Crippen molar-refractivity contribution in [1.29, 1.82) is 0 Å². The first-order chi connectivity index (χ1) is 12.9. The van der Waals surface area contributed by atoms with Crippen LogP contribution in [0, 0.1) is 6.92 Å². The lowest BCUT2D eigenvalue weighted by Gasteiger charge is -2.28. The standard InChI is InChI=1S/C21H25ClN2O3/c1-4-23-21(26)16(3)24(13-17-9-7-10-18(22)12-17)20(25)14-27-19-11-6-5-8-15(19)2/h5-12,16H,4,13-14H2,1-3H3,(H,23,26)/t16-/m0/s1. The molecule has 0 aliphatic carbocycles. The van der Waals surface area contributed by atoms with Crippen LogP contribution in [0.15, 0.2) is 48.5 Å². The summed E-state index contributed by atoms with van der Waals surface area (Å²) in [4.78, 5) is 26.7. The van der Waals surface area contributed by atoms with Gasteiger partial charge in [0.2, 0.25) is 5.91 Å². The summed E-state index contributed by atoms with van der Waals surface area (Å²) >= 11 is 6.05. The van der Waals surface area contributed by atoms with Gasteiger partial charge in [-0.2, -0.15) is 0 Å². The number of carbonyl (C=O) groups excluding carboxylic acids is 2. The van der Waals surface area contributed by atoms with Crippen LogP contribution in [-0.4, -0.2) is 35.9 Å². The van der Waals surface area contributed by atoms with Crippen molar-refractivity contribution in [1.82, 2.24) is 10.2 Å². The number of carbonyl (C=O) groups is 2. The molecule has 0 radical (unpaired) electrons. The molecule has 0 aliphatic rings. The summed E-state index contributed by atoms with van der Waals surface area (Å²) < 4.78 is 5.68. The summed E-state index contributed by atoms with van der Waals surface area (Å²) in [5.41, 5.74) is 1.80. The molecule has 2 amide bonds. The van der Waals surface area contributed by atoms with E-state index in [9.17, 15) is 9.59 Å². The van der Waals surface area contributed by atoms with Crippen LogP contribution in [-0.2, 0) is 16.1 Å². The van der Waals surface area contributed by atoms with Crippen molar-refractivity contribution in [2.75, 3.05) is 13.2 Å². The first-order valence-corrected chi connectivity index (χ1v) is 9.30. The van der Waals surface area contributed by atoms with E-state index < -0.39 is 6.04 Å². The van der Waals surface area contributed by atoms with Crippen molar-refractivity contribution in [3.8, 4) is 5.75 Å². The smallest absolute Gasteiger partial charge is 0.261 e. The molecule has 27 heavy (non-hydrogen) atoms. The van der Waals surface area contributed by atoms with Crippen LogP contribution in [0.2, 0.25) is 5.02 Å². The highest BCUT2D eigenvalue weighted by Crippen LogP contribution is 2.18. The SMILES string of the molecule is CCNC(=O)[C@H](C)N(Cc1cccc(Cl)c1)C(=O)COc1ccccc1C. The van der Waals surface area contributed by atoms with Gasteiger partial charge in [0.05, 0.1) is 0 Å². The number of benzene rings is 2. The summed E-state index contributed by atoms with van der Waals surface area (Å²) in [6.45, 7) is 6.10. The fourth-order valence-electron chi connectivity index (χ4n) is 2.68. The maximum Gasteiger partial charge on any atom is 0.261 e. The van der Waals surface area contributed by atoms with Crippen LogP contribution in [0.25, 0.3) is 0 Å². The molecule has 0 saturated heterocycles. The van der Waals surface area contributed by atoms with Crippen molar-refractivity contribution < 1.29 is 14.3 Å².